The minimum atomic E-state index is -3.16. The van der Waals surface area contributed by atoms with Crippen LogP contribution in [0.25, 0.3) is 0 Å². The van der Waals surface area contributed by atoms with E-state index in [1.807, 2.05) is 31.2 Å². The lowest BCUT2D eigenvalue weighted by atomic mass is 10.1. The van der Waals surface area contributed by atoms with E-state index in [0.29, 0.717) is 50.5 Å². The summed E-state index contributed by atoms with van der Waals surface area (Å²) in [4.78, 5) is 14.0. The van der Waals surface area contributed by atoms with Crippen LogP contribution in [0, 0.1) is 0 Å². The minimum absolute atomic E-state index is 0.0671. The second-order valence-electron chi connectivity index (χ2n) is 5.73. The predicted molar refractivity (Wildman–Crippen MR) is 92.0 cm³/mol. The predicted octanol–water partition coefficient (Wildman–Crippen LogP) is 2.16. The molecule has 7 heteroatoms. The van der Waals surface area contributed by atoms with Crippen LogP contribution >= 0.6 is 11.6 Å². The molecule has 0 aliphatic carbocycles. The monoisotopic (exact) mass is 358 g/mol. The summed E-state index contributed by atoms with van der Waals surface area (Å²) in [5.41, 5.74) is 1.04. The fraction of sp³-hybridized carbons (Fsp3) is 0.562. The Morgan fingerprint density at radius 1 is 1.22 bits per heavy atom. The fourth-order valence-electron chi connectivity index (χ4n) is 2.70. The zero-order valence-electron chi connectivity index (χ0n) is 13.4. The number of nitrogens with zero attached hydrogens (tertiary/aromatic N) is 2. The zero-order valence-corrected chi connectivity index (χ0v) is 14.9. The number of aryl methyl sites for hydroxylation is 1. The lowest BCUT2D eigenvalue weighted by Gasteiger charge is -2.34. The van der Waals surface area contributed by atoms with Gasteiger partial charge in [0.15, 0.2) is 0 Å². The van der Waals surface area contributed by atoms with Crippen LogP contribution in [0.4, 0.5) is 0 Å². The van der Waals surface area contributed by atoms with Gasteiger partial charge in [-0.3, -0.25) is 4.79 Å². The quantitative estimate of drug-likeness (QED) is 0.783. The number of halogens is 1. The molecule has 1 aromatic rings. The van der Waals surface area contributed by atoms with Crippen molar-refractivity contribution in [1.82, 2.24) is 9.21 Å². The van der Waals surface area contributed by atoms with E-state index in [4.69, 9.17) is 11.6 Å². The second-order valence-corrected chi connectivity index (χ2v) is 8.25. The molecule has 1 aliphatic heterocycles. The van der Waals surface area contributed by atoms with Crippen molar-refractivity contribution in [1.29, 1.82) is 0 Å². The van der Waals surface area contributed by atoms with Crippen LogP contribution in [-0.4, -0.2) is 55.5 Å². The van der Waals surface area contributed by atoms with Gasteiger partial charge in [0.1, 0.15) is 0 Å². The Balaban J connectivity index is 1.82. The fourth-order valence-corrected chi connectivity index (χ4v) is 4.41. The number of rotatable bonds is 6. The number of sulfonamides is 1. The van der Waals surface area contributed by atoms with Crippen molar-refractivity contribution in [2.45, 2.75) is 26.2 Å². The molecule has 2 rings (SSSR count). The molecule has 1 amide bonds. The van der Waals surface area contributed by atoms with Gasteiger partial charge < -0.3 is 4.90 Å². The molecule has 0 saturated carbocycles. The summed E-state index contributed by atoms with van der Waals surface area (Å²) in [5, 5.41) is 0.671. The maximum atomic E-state index is 12.3. The summed E-state index contributed by atoms with van der Waals surface area (Å²) >= 11 is 5.94. The average molecular weight is 359 g/mol. The van der Waals surface area contributed by atoms with Gasteiger partial charge >= 0.3 is 0 Å². The molecular weight excluding hydrogens is 336 g/mol. The van der Waals surface area contributed by atoms with Gasteiger partial charge in [0, 0.05) is 37.6 Å². The van der Waals surface area contributed by atoms with Crippen LogP contribution < -0.4 is 0 Å². The van der Waals surface area contributed by atoms with Crippen LogP contribution in [0.2, 0.25) is 5.02 Å². The molecule has 128 valence electrons. The third-order valence-corrected chi connectivity index (χ3v) is 6.27. The van der Waals surface area contributed by atoms with E-state index in [1.54, 1.807) is 4.90 Å². The number of carbonyl (C=O) groups excluding carboxylic acids is 1. The lowest BCUT2D eigenvalue weighted by Crippen LogP contribution is -2.51. The third kappa shape index (κ3) is 5.19. The SMILES string of the molecule is CCCS(=O)(=O)N1CCN(C(=O)CCc2cccc(Cl)c2)CC1. The summed E-state index contributed by atoms with van der Waals surface area (Å²) in [6.45, 7) is 3.58. The summed E-state index contributed by atoms with van der Waals surface area (Å²) in [6.07, 6.45) is 1.68. The summed E-state index contributed by atoms with van der Waals surface area (Å²) < 4.78 is 25.5. The summed E-state index contributed by atoms with van der Waals surface area (Å²) in [5.74, 6) is 0.243. The molecule has 1 aromatic carbocycles. The first-order valence-electron chi connectivity index (χ1n) is 7.92. The van der Waals surface area contributed by atoms with E-state index in [0.717, 1.165) is 5.56 Å². The highest BCUT2D eigenvalue weighted by atomic mass is 35.5. The Morgan fingerprint density at radius 3 is 2.52 bits per heavy atom. The Hall–Kier alpha value is -1.11. The maximum absolute atomic E-state index is 12.3. The first-order valence-corrected chi connectivity index (χ1v) is 9.91. The largest absolute Gasteiger partial charge is 0.340 e. The summed E-state index contributed by atoms with van der Waals surface area (Å²) in [7, 11) is -3.16. The zero-order chi connectivity index (χ0) is 16.9. The number of amides is 1. The van der Waals surface area contributed by atoms with Crippen molar-refractivity contribution in [2.24, 2.45) is 0 Å². The maximum Gasteiger partial charge on any atom is 0.222 e. The van der Waals surface area contributed by atoms with Gasteiger partial charge in [0.2, 0.25) is 15.9 Å². The number of hydrogen-bond donors (Lipinski definition) is 0. The first-order chi connectivity index (χ1) is 10.9. The van der Waals surface area contributed by atoms with Gasteiger partial charge in [-0.15, -0.1) is 0 Å². The van der Waals surface area contributed by atoms with Crippen molar-refractivity contribution in [3.63, 3.8) is 0 Å². The molecule has 1 aliphatic rings. The number of hydrogen-bond acceptors (Lipinski definition) is 3. The molecule has 0 atom stereocenters. The van der Waals surface area contributed by atoms with Gasteiger partial charge in [-0.2, -0.15) is 4.31 Å². The number of piperazine rings is 1. The van der Waals surface area contributed by atoms with Gasteiger partial charge in [-0.05, 0) is 30.5 Å². The molecule has 1 saturated heterocycles. The van der Waals surface area contributed by atoms with E-state index in [9.17, 15) is 13.2 Å². The molecule has 23 heavy (non-hydrogen) atoms. The van der Waals surface area contributed by atoms with E-state index in [-0.39, 0.29) is 11.7 Å². The molecule has 5 nitrogen and oxygen atoms in total. The molecule has 1 heterocycles. The molecule has 1 fully saturated rings. The third-order valence-electron chi connectivity index (χ3n) is 3.96. The second kappa shape index (κ2) is 8.13. The minimum Gasteiger partial charge on any atom is -0.340 e. The topological polar surface area (TPSA) is 57.7 Å². The lowest BCUT2D eigenvalue weighted by molar-refractivity contribution is -0.132. The normalized spacial score (nSPS) is 16.5. The molecule has 0 bridgehead atoms. The first kappa shape index (κ1) is 18.2. The molecular formula is C16H23ClN2O3S. The van der Waals surface area contributed by atoms with Gasteiger partial charge in [-0.25, -0.2) is 8.42 Å². The Labute approximate surface area is 143 Å². The van der Waals surface area contributed by atoms with Crippen molar-refractivity contribution < 1.29 is 13.2 Å². The molecule has 0 unspecified atom stereocenters. The molecule has 0 radical (unpaired) electrons. The molecule has 0 spiro atoms. The van der Waals surface area contributed by atoms with Crippen LogP contribution in [0.5, 0.6) is 0 Å². The number of carbonyl (C=O) groups is 1. The Kier molecular flexibility index (Phi) is 6.44. The Bertz CT molecular complexity index is 640. The van der Waals surface area contributed by atoms with E-state index in [1.165, 1.54) is 4.31 Å². The van der Waals surface area contributed by atoms with Crippen molar-refractivity contribution >= 4 is 27.5 Å². The van der Waals surface area contributed by atoms with Gasteiger partial charge in [0.25, 0.3) is 0 Å². The van der Waals surface area contributed by atoms with Crippen LogP contribution in [0.3, 0.4) is 0 Å². The van der Waals surface area contributed by atoms with Crippen molar-refractivity contribution in [3.05, 3.63) is 34.9 Å². The van der Waals surface area contributed by atoms with Crippen LogP contribution in [0.15, 0.2) is 24.3 Å². The molecule has 0 aromatic heterocycles. The van der Waals surface area contributed by atoms with Crippen molar-refractivity contribution in [3.8, 4) is 0 Å². The smallest absolute Gasteiger partial charge is 0.222 e. The van der Waals surface area contributed by atoms with E-state index in [2.05, 4.69) is 0 Å². The Morgan fingerprint density at radius 2 is 1.91 bits per heavy atom. The standard InChI is InChI=1S/C16H23ClN2O3S/c1-2-12-23(21,22)19-10-8-18(9-11-19)16(20)7-6-14-4-3-5-15(17)13-14/h3-5,13H,2,6-12H2,1H3. The highest BCUT2D eigenvalue weighted by molar-refractivity contribution is 7.89. The van der Waals surface area contributed by atoms with E-state index >= 15 is 0 Å². The molecule has 0 N–H and O–H groups in total. The van der Waals surface area contributed by atoms with Crippen LogP contribution in [0.1, 0.15) is 25.3 Å². The highest BCUT2D eigenvalue weighted by Crippen LogP contribution is 2.14. The van der Waals surface area contributed by atoms with Crippen LogP contribution in [-0.2, 0) is 21.2 Å². The highest BCUT2D eigenvalue weighted by Gasteiger charge is 2.27. The van der Waals surface area contributed by atoms with Gasteiger partial charge in [0.05, 0.1) is 5.75 Å². The average Bonchev–Trinajstić information content (AvgIpc) is 2.53. The number of benzene rings is 1. The summed E-state index contributed by atoms with van der Waals surface area (Å²) in [6, 6.07) is 7.50. The van der Waals surface area contributed by atoms with Gasteiger partial charge in [-0.1, -0.05) is 30.7 Å². The van der Waals surface area contributed by atoms with Crippen molar-refractivity contribution in [2.75, 3.05) is 31.9 Å². The van der Waals surface area contributed by atoms with E-state index < -0.39 is 10.0 Å².